The summed E-state index contributed by atoms with van der Waals surface area (Å²) >= 11 is 0. The van der Waals surface area contributed by atoms with Gasteiger partial charge in [-0.15, -0.1) is 0 Å². The first-order valence-corrected chi connectivity index (χ1v) is 7.13. The standard InChI is InChI=1S/C10H17N5O3.C3H8/c1-4(16)7(17)5-3-12-8-6(13-5)9(18)15-10(11-2)14-8;1-3-2/h4-5,7,13,16-17H,3H2,1-2H3,(H3,11,12,14,15,18);3H2,1-2H3/t4-,5+,7-;/m0./s1. The molecule has 0 aromatic carbocycles. The molecule has 1 aliphatic heterocycles. The third kappa shape index (κ3) is 4.33. The van der Waals surface area contributed by atoms with E-state index in [1.807, 2.05) is 0 Å². The molecule has 21 heavy (non-hydrogen) atoms. The first-order chi connectivity index (χ1) is 9.94. The SMILES string of the molecule is CCC.CNc1nc2c(c(=O)[nH]1)N[C@@H]([C@@H](O)[C@H](C)O)CN2. The van der Waals surface area contributed by atoms with Crippen LogP contribution in [0, 0.1) is 0 Å². The van der Waals surface area contributed by atoms with Crippen molar-refractivity contribution in [1.29, 1.82) is 0 Å². The molecule has 0 saturated heterocycles. The summed E-state index contributed by atoms with van der Waals surface area (Å²) in [5, 5.41) is 27.7. The molecule has 2 rings (SSSR count). The van der Waals surface area contributed by atoms with E-state index in [0.29, 0.717) is 18.3 Å². The zero-order valence-electron chi connectivity index (χ0n) is 12.9. The highest BCUT2D eigenvalue weighted by atomic mass is 16.3. The number of nitrogens with zero attached hydrogens (tertiary/aromatic N) is 1. The summed E-state index contributed by atoms with van der Waals surface area (Å²) in [7, 11) is 1.65. The van der Waals surface area contributed by atoms with Gasteiger partial charge in [0.2, 0.25) is 5.95 Å². The van der Waals surface area contributed by atoms with Gasteiger partial charge >= 0.3 is 0 Å². The lowest BCUT2D eigenvalue weighted by molar-refractivity contribution is 0.0214. The topological polar surface area (TPSA) is 122 Å². The minimum Gasteiger partial charge on any atom is -0.391 e. The number of aliphatic hydroxyl groups excluding tert-OH is 2. The molecule has 0 aliphatic carbocycles. The lowest BCUT2D eigenvalue weighted by Gasteiger charge is -2.31. The van der Waals surface area contributed by atoms with Crippen LogP contribution in [0.5, 0.6) is 0 Å². The summed E-state index contributed by atoms with van der Waals surface area (Å²) in [4.78, 5) is 18.5. The number of hydrogen-bond donors (Lipinski definition) is 6. The number of aliphatic hydroxyl groups is 2. The van der Waals surface area contributed by atoms with Crippen molar-refractivity contribution in [2.75, 3.05) is 29.5 Å². The van der Waals surface area contributed by atoms with E-state index in [1.54, 1.807) is 7.05 Å². The minimum atomic E-state index is -0.964. The smallest absolute Gasteiger partial charge is 0.277 e. The average Bonchev–Trinajstić information content (AvgIpc) is 2.46. The lowest BCUT2D eigenvalue weighted by Crippen LogP contribution is -2.48. The van der Waals surface area contributed by atoms with Gasteiger partial charge in [0.25, 0.3) is 5.56 Å². The molecular formula is C13H25N5O3. The molecule has 0 radical (unpaired) electrons. The summed E-state index contributed by atoms with van der Waals surface area (Å²) in [5.74, 6) is 0.791. The fourth-order valence-corrected chi connectivity index (χ4v) is 1.84. The van der Waals surface area contributed by atoms with Crippen molar-refractivity contribution in [3.8, 4) is 0 Å². The molecule has 0 amide bonds. The first kappa shape index (κ1) is 17.3. The van der Waals surface area contributed by atoms with E-state index in [-0.39, 0.29) is 11.2 Å². The molecule has 1 aromatic rings. The van der Waals surface area contributed by atoms with Crippen molar-refractivity contribution in [1.82, 2.24) is 9.97 Å². The summed E-state index contributed by atoms with van der Waals surface area (Å²) in [6.45, 7) is 6.12. The Kier molecular flexibility index (Phi) is 6.44. The van der Waals surface area contributed by atoms with Crippen molar-refractivity contribution >= 4 is 17.5 Å². The maximum absolute atomic E-state index is 11.8. The monoisotopic (exact) mass is 299 g/mol. The molecule has 1 aliphatic rings. The summed E-state index contributed by atoms with van der Waals surface area (Å²) in [5.41, 5.74) is -0.0655. The van der Waals surface area contributed by atoms with E-state index in [9.17, 15) is 15.0 Å². The third-order valence-corrected chi connectivity index (χ3v) is 2.88. The molecule has 2 heterocycles. The zero-order valence-corrected chi connectivity index (χ0v) is 12.9. The maximum atomic E-state index is 11.8. The maximum Gasteiger partial charge on any atom is 0.277 e. The predicted molar refractivity (Wildman–Crippen MR) is 84.0 cm³/mol. The van der Waals surface area contributed by atoms with Crippen molar-refractivity contribution in [2.45, 2.75) is 45.4 Å². The number of aromatic amines is 1. The number of rotatable bonds is 3. The molecule has 0 saturated carbocycles. The molecular weight excluding hydrogens is 274 g/mol. The summed E-state index contributed by atoms with van der Waals surface area (Å²) < 4.78 is 0. The fraction of sp³-hybridized carbons (Fsp3) is 0.692. The number of aromatic nitrogens is 2. The van der Waals surface area contributed by atoms with Crippen LogP contribution in [0.2, 0.25) is 0 Å². The van der Waals surface area contributed by atoms with Gasteiger partial charge in [0.1, 0.15) is 11.8 Å². The van der Waals surface area contributed by atoms with Crippen molar-refractivity contribution < 1.29 is 10.2 Å². The quantitative estimate of drug-likeness (QED) is 0.470. The molecule has 8 heteroatoms. The van der Waals surface area contributed by atoms with Crippen LogP contribution in [0.1, 0.15) is 27.2 Å². The number of nitrogens with one attached hydrogen (secondary N) is 4. The van der Waals surface area contributed by atoms with Crippen LogP contribution < -0.4 is 21.5 Å². The van der Waals surface area contributed by atoms with Gasteiger partial charge in [0.15, 0.2) is 5.82 Å². The second kappa shape index (κ2) is 7.84. The Hall–Kier alpha value is -1.80. The Labute approximate surface area is 124 Å². The van der Waals surface area contributed by atoms with E-state index in [4.69, 9.17) is 0 Å². The van der Waals surface area contributed by atoms with Crippen LogP contribution in [-0.2, 0) is 0 Å². The molecule has 8 nitrogen and oxygen atoms in total. The molecule has 0 fully saturated rings. The highest BCUT2D eigenvalue weighted by Crippen LogP contribution is 2.22. The molecule has 1 aromatic heterocycles. The largest absolute Gasteiger partial charge is 0.391 e. The van der Waals surface area contributed by atoms with Crippen molar-refractivity contribution in [3.63, 3.8) is 0 Å². The Balaban J connectivity index is 0.000000677. The second-order valence-corrected chi connectivity index (χ2v) is 4.96. The van der Waals surface area contributed by atoms with Crippen molar-refractivity contribution in [3.05, 3.63) is 10.4 Å². The van der Waals surface area contributed by atoms with Crippen LogP contribution in [0.25, 0.3) is 0 Å². The van der Waals surface area contributed by atoms with Crippen LogP contribution in [0.4, 0.5) is 17.5 Å². The van der Waals surface area contributed by atoms with Gasteiger partial charge in [-0.25, -0.2) is 0 Å². The fourth-order valence-electron chi connectivity index (χ4n) is 1.84. The van der Waals surface area contributed by atoms with E-state index in [1.165, 1.54) is 13.3 Å². The van der Waals surface area contributed by atoms with E-state index in [2.05, 4.69) is 39.8 Å². The van der Waals surface area contributed by atoms with Crippen LogP contribution in [-0.4, -0.2) is 52.0 Å². The molecule has 0 unspecified atom stereocenters. The van der Waals surface area contributed by atoms with E-state index < -0.39 is 18.2 Å². The van der Waals surface area contributed by atoms with Gasteiger partial charge in [-0.1, -0.05) is 20.3 Å². The highest BCUT2D eigenvalue weighted by Gasteiger charge is 2.29. The summed E-state index contributed by atoms with van der Waals surface area (Å²) in [6.07, 6.45) is -0.594. The lowest BCUT2D eigenvalue weighted by atomic mass is 10.0. The number of anilines is 3. The second-order valence-electron chi connectivity index (χ2n) is 4.96. The Bertz CT molecular complexity index is 503. The zero-order chi connectivity index (χ0) is 16.0. The number of hydrogen-bond acceptors (Lipinski definition) is 7. The van der Waals surface area contributed by atoms with Crippen LogP contribution in [0.3, 0.4) is 0 Å². The Morgan fingerprint density at radius 2 is 2.05 bits per heavy atom. The summed E-state index contributed by atoms with van der Waals surface area (Å²) in [6, 6.07) is -0.444. The third-order valence-electron chi connectivity index (χ3n) is 2.88. The van der Waals surface area contributed by atoms with Crippen LogP contribution >= 0.6 is 0 Å². The Morgan fingerprint density at radius 3 is 2.57 bits per heavy atom. The van der Waals surface area contributed by atoms with E-state index >= 15 is 0 Å². The van der Waals surface area contributed by atoms with E-state index in [0.717, 1.165) is 0 Å². The molecule has 3 atom stereocenters. The van der Waals surface area contributed by atoms with Crippen molar-refractivity contribution in [2.24, 2.45) is 0 Å². The predicted octanol–water partition coefficient (Wildman–Crippen LogP) is 0.176. The minimum absolute atomic E-state index is 0.268. The van der Waals surface area contributed by atoms with Gasteiger partial charge in [-0.3, -0.25) is 9.78 Å². The number of H-pyrrole nitrogens is 1. The van der Waals surface area contributed by atoms with Gasteiger partial charge in [0, 0.05) is 13.6 Å². The van der Waals surface area contributed by atoms with Gasteiger partial charge in [-0.05, 0) is 6.92 Å². The van der Waals surface area contributed by atoms with Gasteiger partial charge < -0.3 is 26.2 Å². The molecule has 120 valence electrons. The highest BCUT2D eigenvalue weighted by molar-refractivity contribution is 5.67. The Morgan fingerprint density at radius 1 is 1.43 bits per heavy atom. The average molecular weight is 299 g/mol. The molecule has 0 bridgehead atoms. The van der Waals surface area contributed by atoms with Gasteiger partial charge in [-0.2, -0.15) is 4.98 Å². The first-order valence-electron chi connectivity index (χ1n) is 7.13. The number of fused-ring (bicyclic) bond motifs is 1. The van der Waals surface area contributed by atoms with Gasteiger partial charge in [0.05, 0.1) is 12.1 Å². The molecule has 6 N–H and O–H groups in total. The normalized spacial score (nSPS) is 19.0. The molecule has 0 spiro atoms. The van der Waals surface area contributed by atoms with Crippen LogP contribution in [0.15, 0.2) is 4.79 Å².